The topological polar surface area (TPSA) is 60.8 Å². The number of rotatable bonds is 4. The molecule has 0 aromatic heterocycles. The summed E-state index contributed by atoms with van der Waals surface area (Å²) in [6.07, 6.45) is 3.52. The van der Waals surface area contributed by atoms with Gasteiger partial charge in [0.05, 0.1) is 5.56 Å². The minimum Gasteiger partial charge on any atom is -0.507 e. The van der Waals surface area contributed by atoms with Crippen LogP contribution < -0.4 is 0 Å². The molecule has 1 aliphatic rings. The summed E-state index contributed by atoms with van der Waals surface area (Å²) in [5.74, 6) is -0.0605. The smallest absolute Gasteiger partial charge is 0.257 e. The van der Waals surface area contributed by atoms with E-state index in [1.54, 1.807) is 18.2 Å². The van der Waals surface area contributed by atoms with E-state index in [1.165, 1.54) is 0 Å². The number of phenolic OH excluding ortho intramolecular Hbond substituents is 1. The Kier molecular flexibility index (Phi) is 5.04. The number of carbonyl (C=O) groups is 1. The van der Waals surface area contributed by atoms with E-state index in [0.717, 1.165) is 29.4 Å². The SMILES string of the molecule is O=C(c1cc(I)ccc1O)N1CCCC1CCCO. The first-order chi connectivity index (χ1) is 9.13. The predicted molar refractivity (Wildman–Crippen MR) is 81.2 cm³/mol. The fourth-order valence-electron chi connectivity index (χ4n) is 2.56. The highest BCUT2D eigenvalue weighted by Crippen LogP contribution is 2.27. The largest absolute Gasteiger partial charge is 0.507 e. The molecule has 0 radical (unpaired) electrons. The van der Waals surface area contributed by atoms with E-state index in [-0.39, 0.29) is 24.3 Å². The van der Waals surface area contributed by atoms with Gasteiger partial charge >= 0.3 is 0 Å². The van der Waals surface area contributed by atoms with E-state index >= 15 is 0 Å². The Morgan fingerprint density at radius 2 is 2.26 bits per heavy atom. The third kappa shape index (κ3) is 3.39. The molecule has 104 valence electrons. The Morgan fingerprint density at radius 1 is 1.47 bits per heavy atom. The summed E-state index contributed by atoms with van der Waals surface area (Å²) >= 11 is 2.13. The highest BCUT2D eigenvalue weighted by Gasteiger charge is 2.30. The Hall–Kier alpha value is -0.820. The summed E-state index contributed by atoms with van der Waals surface area (Å²) in [5, 5.41) is 18.7. The maximum Gasteiger partial charge on any atom is 0.257 e. The van der Waals surface area contributed by atoms with Crippen molar-refractivity contribution in [3.8, 4) is 5.75 Å². The Labute approximate surface area is 126 Å². The number of phenols is 1. The van der Waals surface area contributed by atoms with Crippen LogP contribution >= 0.6 is 22.6 Å². The summed E-state index contributed by atoms with van der Waals surface area (Å²) in [5.41, 5.74) is 0.378. The number of likely N-dealkylation sites (tertiary alicyclic amines) is 1. The minimum atomic E-state index is -0.101. The van der Waals surface area contributed by atoms with E-state index in [0.29, 0.717) is 12.0 Å². The van der Waals surface area contributed by atoms with Gasteiger partial charge in [-0.15, -0.1) is 0 Å². The molecule has 2 rings (SSSR count). The van der Waals surface area contributed by atoms with Crippen molar-refractivity contribution in [1.29, 1.82) is 0 Å². The summed E-state index contributed by atoms with van der Waals surface area (Å²) in [4.78, 5) is 14.3. The molecular weight excluding hydrogens is 357 g/mol. The number of benzene rings is 1. The van der Waals surface area contributed by atoms with E-state index in [4.69, 9.17) is 5.11 Å². The lowest BCUT2D eigenvalue weighted by atomic mass is 10.1. The number of nitrogens with zero attached hydrogens (tertiary/aromatic N) is 1. The van der Waals surface area contributed by atoms with Crippen LogP contribution in [-0.4, -0.2) is 40.2 Å². The Morgan fingerprint density at radius 3 is 3.00 bits per heavy atom. The van der Waals surface area contributed by atoms with E-state index < -0.39 is 0 Å². The molecule has 1 aromatic rings. The van der Waals surface area contributed by atoms with Gasteiger partial charge in [-0.2, -0.15) is 0 Å². The number of amides is 1. The van der Waals surface area contributed by atoms with Crippen molar-refractivity contribution in [2.45, 2.75) is 31.7 Å². The maximum absolute atomic E-state index is 12.5. The molecule has 2 N–H and O–H groups in total. The minimum absolute atomic E-state index is 0.0400. The van der Waals surface area contributed by atoms with Crippen molar-refractivity contribution in [3.05, 3.63) is 27.3 Å². The molecule has 1 atom stereocenters. The first kappa shape index (κ1) is 14.6. The molecule has 0 bridgehead atoms. The number of hydrogen-bond donors (Lipinski definition) is 2. The van der Waals surface area contributed by atoms with Crippen molar-refractivity contribution in [2.75, 3.05) is 13.2 Å². The zero-order valence-corrected chi connectivity index (χ0v) is 12.8. The zero-order valence-electron chi connectivity index (χ0n) is 10.7. The summed E-state index contributed by atoms with van der Waals surface area (Å²) < 4.78 is 0.935. The second-order valence-corrected chi connectivity index (χ2v) is 6.07. The van der Waals surface area contributed by atoms with Gasteiger partial charge < -0.3 is 15.1 Å². The molecule has 1 fully saturated rings. The molecule has 4 nitrogen and oxygen atoms in total. The van der Waals surface area contributed by atoms with Gasteiger partial charge in [0.25, 0.3) is 5.91 Å². The van der Waals surface area contributed by atoms with Crippen LogP contribution in [0.25, 0.3) is 0 Å². The van der Waals surface area contributed by atoms with Crippen molar-refractivity contribution in [1.82, 2.24) is 4.90 Å². The number of halogens is 1. The van der Waals surface area contributed by atoms with Crippen molar-refractivity contribution < 1.29 is 15.0 Å². The number of hydrogen-bond acceptors (Lipinski definition) is 3. The molecule has 5 heteroatoms. The molecule has 0 saturated carbocycles. The van der Waals surface area contributed by atoms with Crippen molar-refractivity contribution in [3.63, 3.8) is 0 Å². The predicted octanol–water partition coefficient (Wildman–Crippen LogP) is 2.37. The van der Waals surface area contributed by atoms with E-state index in [2.05, 4.69) is 22.6 Å². The number of carbonyl (C=O) groups excluding carboxylic acids is 1. The quantitative estimate of drug-likeness (QED) is 0.795. The van der Waals surface area contributed by atoms with Gasteiger partial charge in [0.15, 0.2) is 0 Å². The van der Waals surface area contributed by atoms with Crippen LogP contribution in [0.4, 0.5) is 0 Å². The number of aliphatic hydroxyl groups excluding tert-OH is 1. The lowest BCUT2D eigenvalue weighted by Gasteiger charge is -2.25. The zero-order chi connectivity index (χ0) is 13.8. The highest BCUT2D eigenvalue weighted by atomic mass is 127. The third-order valence-corrected chi connectivity index (χ3v) is 4.19. The van der Waals surface area contributed by atoms with Crippen LogP contribution in [-0.2, 0) is 0 Å². The maximum atomic E-state index is 12.5. The van der Waals surface area contributed by atoms with Crippen LogP contribution in [0, 0.1) is 3.57 Å². The summed E-state index contributed by atoms with van der Waals surface area (Å²) in [6.45, 7) is 0.896. The molecular formula is C14H18INO3. The lowest BCUT2D eigenvalue weighted by Crippen LogP contribution is -2.35. The van der Waals surface area contributed by atoms with Crippen LogP contribution in [0.2, 0.25) is 0 Å². The van der Waals surface area contributed by atoms with Crippen molar-refractivity contribution in [2.24, 2.45) is 0 Å². The lowest BCUT2D eigenvalue weighted by molar-refractivity contribution is 0.0721. The molecule has 1 saturated heterocycles. The molecule has 0 spiro atoms. The normalized spacial score (nSPS) is 18.8. The molecule has 0 aliphatic carbocycles. The first-order valence-corrected chi connectivity index (χ1v) is 7.61. The van der Waals surface area contributed by atoms with Gasteiger partial charge in [-0.3, -0.25) is 4.79 Å². The van der Waals surface area contributed by atoms with Gasteiger partial charge in [0.1, 0.15) is 5.75 Å². The van der Waals surface area contributed by atoms with Gasteiger partial charge in [0.2, 0.25) is 0 Å². The first-order valence-electron chi connectivity index (χ1n) is 6.54. The number of aromatic hydroxyl groups is 1. The molecule has 1 aliphatic heterocycles. The van der Waals surface area contributed by atoms with Crippen molar-refractivity contribution >= 4 is 28.5 Å². The average Bonchev–Trinajstić information content (AvgIpc) is 2.86. The average molecular weight is 375 g/mol. The van der Waals surface area contributed by atoms with Gasteiger partial charge in [-0.25, -0.2) is 0 Å². The van der Waals surface area contributed by atoms with E-state index in [9.17, 15) is 9.90 Å². The number of aliphatic hydroxyl groups is 1. The van der Waals surface area contributed by atoms with Crippen LogP contribution in [0.1, 0.15) is 36.0 Å². The molecule has 19 heavy (non-hydrogen) atoms. The summed E-state index contributed by atoms with van der Waals surface area (Å²) in [6, 6.07) is 5.25. The van der Waals surface area contributed by atoms with Crippen LogP contribution in [0.15, 0.2) is 18.2 Å². The van der Waals surface area contributed by atoms with Crippen LogP contribution in [0.3, 0.4) is 0 Å². The second kappa shape index (κ2) is 6.56. The monoisotopic (exact) mass is 375 g/mol. The van der Waals surface area contributed by atoms with Gasteiger partial charge in [-0.05, 0) is 66.5 Å². The van der Waals surface area contributed by atoms with Gasteiger partial charge in [0, 0.05) is 22.8 Å². The van der Waals surface area contributed by atoms with Crippen LogP contribution in [0.5, 0.6) is 5.75 Å². The summed E-state index contributed by atoms with van der Waals surface area (Å²) in [7, 11) is 0. The third-order valence-electron chi connectivity index (χ3n) is 3.52. The molecule has 1 heterocycles. The Balaban J connectivity index is 2.16. The Bertz CT molecular complexity index is 464. The fraction of sp³-hybridized carbons (Fsp3) is 0.500. The highest BCUT2D eigenvalue weighted by molar-refractivity contribution is 14.1. The fourth-order valence-corrected chi connectivity index (χ4v) is 3.06. The van der Waals surface area contributed by atoms with Gasteiger partial charge in [-0.1, -0.05) is 0 Å². The molecule has 1 aromatic carbocycles. The second-order valence-electron chi connectivity index (χ2n) is 4.82. The molecule has 1 unspecified atom stereocenters. The van der Waals surface area contributed by atoms with E-state index in [1.807, 2.05) is 4.90 Å². The standard InChI is InChI=1S/C14H18INO3/c15-10-5-6-13(18)12(9-10)14(19)16-7-1-3-11(16)4-2-8-17/h5-6,9,11,17-18H,1-4,7-8H2. The molecule has 1 amide bonds.